The Balaban J connectivity index is 2.11. The Kier molecular flexibility index (Phi) is 5.62. The zero-order chi connectivity index (χ0) is 17.7. The van der Waals surface area contributed by atoms with Crippen LogP contribution in [-0.4, -0.2) is 32.8 Å². The van der Waals surface area contributed by atoms with E-state index in [1.165, 1.54) is 12.1 Å². The lowest BCUT2D eigenvalue weighted by atomic mass is 10.1. The Morgan fingerprint density at radius 2 is 1.62 bits per heavy atom. The minimum atomic E-state index is -3.62. The van der Waals surface area contributed by atoms with Crippen LogP contribution >= 0.6 is 0 Å². The SMILES string of the molecule is CC(C)CN(C)C(=O)c1ccc(NS(=O)(=O)c2ccccc2)cc1. The van der Waals surface area contributed by atoms with Gasteiger partial charge in [0.25, 0.3) is 15.9 Å². The molecule has 5 nitrogen and oxygen atoms in total. The van der Waals surface area contributed by atoms with Crippen LogP contribution in [0.5, 0.6) is 0 Å². The molecule has 24 heavy (non-hydrogen) atoms. The van der Waals surface area contributed by atoms with Crippen LogP contribution in [0, 0.1) is 5.92 Å². The van der Waals surface area contributed by atoms with E-state index in [1.807, 2.05) is 13.8 Å². The molecule has 0 spiro atoms. The molecule has 0 unspecified atom stereocenters. The van der Waals surface area contributed by atoms with Gasteiger partial charge in [0.15, 0.2) is 0 Å². The summed E-state index contributed by atoms with van der Waals surface area (Å²) in [6, 6.07) is 14.6. The van der Waals surface area contributed by atoms with Gasteiger partial charge in [0.2, 0.25) is 0 Å². The fourth-order valence-electron chi connectivity index (χ4n) is 2.35. The van der Waals surface area contributed by atoms with Crippen LogP contribution in [-0.2, 0) is 10.0 Å². The molecule has 128 valence electrons. The molecule has 0 radical (unpaired) electrons. The number of rotatable bonds is 6. The number of hydrogen-bond acceptors (Lipinski definition) is 3. The zero-order valence-corrected chi connectivity index (χ0v) is 14.9. The summed E-state index contributed by atoms with van der Waals surface area (Å²) in [6.45, 7) is 4.76. The van der Waals surface area contributed by atoms with Crippen LogP contribution in [0.4, 0.5) is 5.69 Å². The summed E-state index contributed by atoms with van der Waals surface area (Å²) in [5.74, 6) is 0.303. The summed E-state index contributed by atoms with van der Waals surface area (Å²) in [7, 11) is -1.87. The van der Waals surface area contributed by atoms with Gasteiger partial charge >= 0.3 is 0 Å². The maximum Gasteiger partial charge on any atom is 0.261 e. The molecule has 2 aromatic carbocycles. The monoisotopic (exact) mass is 346 g/mol. The van der Waals surface area contributed by atoms with E-state index in [4.69, 9.17) is 0 Å². The Hall–Kier alpha value is -2.34. The average molecular weight is 346 g/mol. The van der Waals surface area contributed by atoms with E-state index in [1.54, 1.807) is 54.4 Å². The summed E-state index contributed by atoms with van der Waals surface area (Å²) in [4.78, 5) is 14.1. The van der Waals surface area contributed by atoms with Crippen molar-refractivity contribution in [3.63, 3.8) is 0 Å². The first-order chi connectivity index (χ1) is 11.3. The Morgan fingerprint density at radius 3 is 2.17 bits per heavy atom. The summed E-state index contributed by atoms with van der Waals surface area (Å²) in [6.07, 6.45) is 0. The van der Waals surface area contributed by atoms with Crippen molar-refractivity contribution in [1.82, 2.24) is 4.90 Å². The fraction of sp³-hybridized carbons (Fsp3) is 0.278. The van der Waals surface area contributed by atoms with Crippen LogP contribution in [0.1, 0.15) is 24.2 Å². The van der Waals surface area contributed by atoms with Crippen LogP contribution in [0.2, 0.25) is 0 Å². The minimum Gasteiger partial charge on any atom is -0.341 e. The number of hydrogen-bond donors (Lipinski definition) is 1. The smallest absolute Gasteiger partial charge is 0.261 e. The lowest BCUT2D eigenvalue weighted by molar-refractivity contribution is 0.0779. The Bertz CT molecular complexity index is 785. The molecule has 0 aliphatic rings. The van der Waals surface area contributed by atoms with Gasteiger partial charge in [-0.05, 0) is 42.3 Å². The molecule has 0 aliphatic carbocycles. The molecule has 1 N–H and O–H groups in total. The molecule has 0 saturated heterocycles. The van der Waals surface area contributed by atoms with Crippen LogP contribution in [0.15, 0.2) is 59.5 Å². The van der Waals surface area contributed by atoms with Gasteiger partial charge in [-0.3, -0.25) is 9.52 Å². The molecule has 0 aromatic heterocycles. The third kappa shape index (κ3) is 4.58. The van der Waals surface area contributed by atoms with Crippen LogP contribution in [0.25, 0.3) is 0 Å². The van der Waals surface area contributed by atoms with Crippen molar-refractivity contribution in [2.24, 2.45) is 5.92 Å². The number of nitrogens with zero attached hydrogens (tertiary/aromatic N) is 1. The van der Waals surface area contributed by atoms with Crippen molar-refractivity contribution in [1.29, 1.82) is 0 Å². The predicted octanol–water partition coefficient (Wildman–Crippen LogP) is 3.22. The topological polar surface area (TPSA) is 66.5 Å². The van der Waals surface area contributed by atoms with Gasteiger partial charge < -0.3 is 4.90 Å². The molecule has 0 heterocycles. The van der Waals surface area contributed by atoms with Gasteiger partial charge in [-0.15, -0.1) is 0 Å². The summed E-state index contributed by atoms with van der Waals surface area (Å²) in [5.41, 5.74) is 0.947. The van der Waals surface area contributed by atoms with Crippen molar-refractivity contribution in [3.05, 3.63) is 60.2 Å². The molecular weight excluding hydrogens is 324 g/mol. The first-order valence-corrected chi connectivity index (χ1v) is 9.21. The van der Waals surface area contributed by atoms with E-state index in [2.05, 4.69) is 4.72 Å². The molecular formula is C18H22N2O3S. The Morgan fingerprint density at radius 1 is 1.04 bits per heavy atom. The summed E-state index contributed by atoms with van der Waals surface area (Å²) < 4.78 is 27.0. The number of sulfonamides is 1. The van der Waals surface area contributed by atoms with E-state index >= 15 is 0 Å². The van der Waals surface area contributed by atoms with Crippen molar-refractivity contribution in [2.45, 2.75) is 18.7 Å². The first-order valence-electron chi connectivity index (χ1n) is 7.73. The number of anilines is 1. The van der Waals surface area contributed by atoms with Gasteiger partial charge in [0.1, 0.15) is 0 Å². The van der Waals surface area contributed by atoms with Crippen molar-refractivity contribution in [2.75, 3.05) is 18.3 Å². The lowest BCUT2D eigenvalue weighted by Crippen LogP contribution is -2.30. The van der Waals surface area contributed by atoms with Gasteiger partial charge in [0.05, 0.1) is 4.90 Å². The first kappa shape index (κ1) is 18.0. The minimum absolute atomic E-state index is 0.0823. The molecule has 0 atom stereocenters. The Labute approximate surface area is 143 Å². The average Bonchev–Trinajstić information content (AvgIpc) is 2.55. The quantitative estimate of drug-likeness (QED) is 0.873. The van der Waals surface area contributed by atoms with Crippen molar-refractivity contribution >= 4 is 21.6 Å². The van der Waals surface area contributed by atoms with E-state index in [0.717, 1.165) is 0 Å². The second-order valence-electron chi connectivity index (χ2n) is 6.08. The molecule has 0 fully saturated rings. The van der Waals surface area contributed by atoms with Gasteiger partial charge in [-0.2, -0.15) is 0 Å². The normalized spacial score (nSPS) is 11.3. The van der Waals surface area contributed by atoms with E-state index < -0.39 is 10.0 Å². The molecule has 0 bridgehead atoms. The maximum atomic E-state index is 12.3. The highest BCUT2D eigenvalue weighted by atomic mass is 32.2. The summed E-state index contributed by atoms with van der Waals surface area (Å²) >= 11 is 0. The zero-order valence-electron chi connectivity index (χ0n) is 14.1. The van der Waals surface area contributed by atoms with Gasteiger partial charge in [-0.1, -0.05) is 32.0 Å². The molecule has 1 amide bonds. The second kappa shape index (κ2) is 7.49. The highest BCUT2D eigenvalue weighted by Gasteiger charge is 2.15. The third-order valence-electron chi connectivity index (χ3n) is 3.42. The number of carbonyl (C=O) groups is 1. The van der Waals surface area contributed by atoms with Crippen molar-refractivity contribution in [3.8, 4) is 0 Å². The standard InChI is InChI=1S/C18H22N2O3S/c1-14(2)13-20(3)18(21)15-9-11-16(12-10-15)19-24(22,23)17-7-5-4-6-8-17/h4-12,14,19H,13H2,1-3H3. The maximum absolute atomic E-state index is 12.3. The molecule has 0 saturated carbocycles. The summed E-state index contributed by atoms with van der Waals surface area (Å²) in [5, 5.41) is 0. The van der Waals surface area contributed by atoms with Crippen LogP contribution < -0.4 is 4.72 Å². The van der Waals surface area contributed by atoms with Gasteiger partial charge in [0, 0.05) is 24.8 Å². The third-order valence-corrected chi connectivity index (χ3v) is 4.82. The molecule has 2 aromatic rings. The second-order valence-corrected chi connectivity index (χ2v) is 7.76. The van der Waals surface area contributed by atoms with E-state index in [-0.39, 0.29) is 10.8 Å². The van der Waals surface area contributed by atoms with E-state index in [0.29, 0.717) is 23.7 Å². The predicted molar refractivity (Wildman–Crippen MR) is 95.5 cm³/mol. The number of nitrogens with one attached hydrogen (secondary N) is 1. The van der Waals surface area contributed by atoms with Crippen LogP contribution in [0.3, 0.4) is 0 Å². The highest BCUT2D eigenvalue weighted by Crippen LogP contribution is 2.17. The number of carbonyl (C=O) groups excluding carboxylic acids is 1. The molecule has 0 aliphatic heterocycles. The highest BCUT2D eigenvalue weighted by molar-refractivity contribution is 7.92. The largest absolute Gasteiger partial charge is 0.341 e. The number of amides is 1. The number of benzene rings is 2. The van der Waals surface area contributed by atoms with Gasteiger partial charge in [-0.25, -0.2) is 8.42 Å². The molecule has 6 heteroatoms. The fourth-order valence-corrected chi connectivity index (χ4v) is 3.43. The molecule has 2 rings (SSSR count). The lowest BCUT2D eigenvalue weighted by Gasteiger charge is -2.19. The van der Waals surface area contributed by atoms with Crippen molar-refractivity contribution < 1.29 is 13.2 Å². The van der Waals surface area contributed by atoms with E-state index in [9.17, 15) is 13.2 Å².